The Hall–Kier alpha value is -3.56. The molecule has 1 aliphatic rings. The highest BCUT2D eigenvalue weighted by Crippen LogP contribution is 2.46. The van der Waals surface area contributed by atoms with Gasteiger partial charge < -0.3 is 10.4 Å². The molecule has 3 aromatic rings. The molecule has 2 aromatic carbocycles. The number of hydrogen-bond donors (Lipinski definition) is 2. The molecule has 0 fully saturated rings. The number of allylic oxidation sites excluding steroid dienone is 1. The van der Waals surface area contributed by atoms with Gasteiger partial charge in [-0.15, -0.1) is 0 Å². The van der Waals surface area contributed by atoms with Crippen molar-refractivity contribution in [2.45, 2.75) is 38.8 Å². The number of rotatable bonds is 8. The first-order valence-electron chi connectivity index (χ1n) is 10.9. The van der Waals surface area contributed by atoms with Gasteiger partial charge in [-0.3, -0.25) is 15.0 Å². The quantitative estimate of drug-likeness (QED) is 0.345. The summed E-state index contributed by atoms with van der Waals surface area (Å²) in [5, 5.41) is 25.4. The molecule has 4 rings (SSSR count). The van der Waals surface area contributed by atoms with Crippen LogP contribution in [0.3, 0.4) is 0 Å². The van der Waals surface area contributed by atoms with Crippen LogP contribution in [0, 0.1) is 10.1 Å². The van der Waals surface area contributed by atoms with Crippen molar-refractivity contribution < 1.29 is 14.8 Å². The van der Waals surface area contributed by atoms with Crippen molar-refractivity contribution in [1.29, 1.82) is 0 Å². The molecule has 8 nitrogen and oxygen atoms in total. The number of nitro groups is 1. The van der Waals surface area contributed by atoms with Crippen LogP contribution in [-0.4, -0.2) is 38.4 Å². The third-order valence-electron chi connectivity index (χ3n) is 6.26. The largest absolute Gasteiger partial charge is 0.478 e. The average molecular weight is 479 g/mol. The van der Waals surface area contributed by atoms with E-state index in [1.54, 1.807) is 19.1 Å². The summed E-state index contributed by atoms with van der Waals surface area (Å²) in [6, 6.07) is 16.7. The van der Waals surface area contributed by atoms with Gasteiger partial charge in [0.25, 0.3) is 5.69 Å². The van der Waals surface area contributed by atoms with Crippen molar-refractivity contribution in [2.24, 2.45) is 0 Å². The van der Waals surface area contributed by atoms with Crippen LogP contribution in [-0.2, 0) is 17.8 Å². The molecule has 2 unspecified atom stereocenters. The van der Waals surface area contributed by atoms with E-state index in [1.807, 2.05) is 25.2 Å². The molecule has 9 heteroatoms. The fourth-order valence-corrected chi connectivity index (χ4v) is 5.26. The van der Waals surface area contributed by atoms with Gasteiger partial charge in [-0.25, -0.2) is 4.79 Å². The summed E-state index contributed by atoms with van der Waals surface area (Å²) in [6.07, 6.45) is 0.871. The van der Waals surface area contributed by atoms with Crippen LogP contribution in [0.2, 0.25) is 0 Å². The molecule has 2 atom stereocenters. The topological polar surface area (TPSA) is 109 Å². The number of anilines is 1. The van der Waals surface area contributed by atoms with E-state index >= 15 is 0 Å². The monoisotopic (exact) mass is 478 g/mol. The summed E-state index contributed by atoms with van der Waals surface area (Å²) in [4.78, 5) is 25.4. The summed E-state index contributed by atoms with van der Waals surface area (Å²) in [6.45, 7) is 4.39. The lowest BCUT2D eigenvalue weighted by Crippen LogP contribution is -2.31. The number of carboxylic acids is 1. The number of nitrogens with zero attached hydrogens (tertiary/aromatic N) is 3. The normalized spacial score (nSPS) is 16.2. The Morgan fingerprint density at radius 1 is 1.26 bits per heavy atom. The third-order valence-corrected chi connectivity index (χ3v) is 7.07. The van der Waals surface area contributed by atoms with Crippen molar-refractivity contribution in [3.05, 3.63) is 98.4 Å². The predicted octanol–water partition coefficient (Wildman–Crippen LogP) is 5.03. The summed E-state index contributed by atoms with van der Waals surface area (Å²) in [5.74, 6) is -1.71. The number of carbonyl (C=O) groups is 1. The highest BCUT2D eigenvalue weighted by atomic mass is 32.1. The molecule has 0 aliphatic carbocycles. The summed E-state index contributed by atoms with van der Waals surface area (Å²) in [7, 11) is 2.02. The van der Waals surface area contributed by atoms with E-state index in [-0.39, 0.29) is 17.3 Å². The minimum absolute atomic E-state index is 0.0710. The van der Waals surface area contributed by atoms with E-state index in [9.17, 15) is 20.0 Å². The Kier molecular flexibility index (Phi) is 6.76. The minimum Gasteiger partial charge on any atom is -0.478 e. The van der Waals surface area contributed by atoms with Crippen molar-refractivity contribution in [2.75, 3.05) is 12.4 Å². The Labute approximate surface area is 201 Å². The van der Waals surface area contributed by atoms with Gasteiger partial charge in [0.15, 0.2) is 0 Å². The predicted molar refractivity (Wildman–Crippen MR) is 132 cm³/mol. The van der Waals surface area contributed by atoms with E-state index < -0.39 is 16.8 Å². The van der Waals surface area contributed by atoms with Crippen molar-refractivity contribution in [1.82, 2.24) is 9.27 Å². The first-order chi connectivity index (χ1) is 16.3. The number of carboxylic acid groups (broad SMARTS) is 1. The number of non-ortho nitro benzene ring substituents is 1. The number of fused-ring (bicyclic) bond motifs is 1. The zero-order valence-corrected chi connectivity index (χ0v) is 20.0. The molecule has 176 valence electrons. The van der Waals surface area contributed by atoms with Crippen LogP contribution in [0.1, 0.15) is 42.1 Å². The van der Waals surface area contributed by atoms with Gasteiger partial charge in [0.05, 0.1) is 16.2 Å². The number of nitrogens with one attached hydrogen (secondary N) is 1. The molecule has 0 bridgehead atoms. The van der Waals surface area contributed by atoms with Crippen LogP contribution in [0.5, 0.6) is 0 Å². The molecular formula is C25H26N4O4S. The molecule has 0 saturated carbocycles. The zero-order chi connectivity index (χ0) is 24.4. The second-order valence-corrected chi connectivity index (χ2v) is 9.35. The zero-order valence-electron chi connectivity index (χ0n) is 19.2. The lowest BCUT2D eigenvalue weighted by atomic mass is 9.81. The van der Waals surface area contributed by atoms with E-state index in [0.29, 0.717) is 17.8 Å². The fourth-order valence-electron chi connectivity index (χ4n) is 4.37. The standard InChI is InChI=1S/C25H26N4O4S/c1-15(12-17-8-5-4-6-9-17)28(3)14-20-23-22(18-10-7-11-19(13-18)29(32)33)21(25(30)31)16(2)26-24(23)34-27-20/h4-11,13,15,22,26H,12,14H2,1-3H3,(H,30,31). The second kappa shape index (κ2) is 9.74. The lowest BCUT2D eigenvalue weighted by molar-refractivity contribution is -0.384. The van der Waals surface area contributed by atoms with E-state index in [0.717, 1.165) is 22.7 Å². The Morgan fingerprint density at radius 3 is 2.68 bits per heavy atom. The highest BCUT2D eigenvalue weighted by molar-refractivity contribution is 7.10. The minimum atomic E-state index is -1.06. The maximum Gasteiger partial charge on any atom is 0.334 e. The lowest BCUT2D eigenvalue weighted by Gasteiger charge is -2.29. The number of aromatic nitrogens is 1. The maximum atomic E-state index is 12.3. The van der Waals surface area contributed by atoms with Gasteiger partial charge in [0.1, 0.15) is 5.00 Å². The van der Waals surface area contributed by atoms with Gasteiger partial charge in [0.2, 0.25) is 0 Å². The number of nitro benzene ring substituents is 1. The molecule has 34 heavy (non-hydrogen) atoms. The Balaban J connectivity index is 1.70. The van der Waals surface area contributed by atoms with Crippen LogP contribution in [0.25, 0.3) is 0 Å². The van der Waals surface area contributed by atoms with Crippen molar-refractivity contribution in [3.8, 4) is 0 Å². The second-order valence-electron chi connectivity index (χ2n) is 8.58. The highest BCUT2D eigenvalue weighted by Gasteiger charge is 2.37. The number of benzene rings is 2. The first-order valence-corrected chi connectivity index (χ1v) is 11.7. The Bertz CT molecular complexity index is 1250. The van der Waals surface area contributed by atoms with Gasteiger partial charge >= 0.3 is 5.97 Å². The number of hydrogen-bond acceptors (Lipinski definition) is 7. The smallest absolute Gasteiger partial charge is 0.334 e. The first kappa shape index (κ1) is 23.6. The average Bonchev–Trinajstić information content (AvgIpc) is 3.20. The maximum absolute atomic E-state index is 12.3. The van der Waals surface area contributed by atoms with Crippen LogP contribution in [0.4, 0.5) is 10.7 Å². The van der Waals surface area contributed by atoms with Crippen molar-refractivity contribution >= 4 is 28.2 Å². The number of aliphatic carboxylic acids is 1. The van der Waals surface area contributed by atoms with Gasteiger partial charge in [-0.1, -0.05) is 42.5 Å². The third kappa shape index (κ3) is 4.71. The molecule has 0 radical (unpaired) electrons. The van der Waals surface area contributed by atoms with E-state index in [4.69, 9.17) is 0 Å². The van der Waals surface area contributed by atoms with Crippen LogP contribution < -0.4 is 5.32 Å². The SMILES string of the molecule is CC1=C(C(=O)O)C(c2cccc([N+](=O)[O-])c2)c2c(CN(C)C(C)Cc3ccccc3)nsc2N1. The summed E-state index contributed by atoms with van der Waals surface area (Å²) < 4.78 is 4.67. The van der Waals surface area contributed by atoms with Gasteiger partial charge in [-0.05, 0) is 50.0 Å². The van der Waals surface area contributed by atoms with E-state index in [2.05, 4.69) is 33.6 Å². The molecule has 2 N–H and O–H groups in total. The summed E-state index contributed by atoms with van der Waals surface area (Å²) in [5.41, 5.74) is 3.97. The number of likely N-dealkylation sites (N-methyl/N-ethyl adjacent to an activating group) is 1. The molecule has 2 heterocycles. The molecular weight excluding hydrogens is 452 g/mol. The fraction of sp³-hybridized carbons (Fsp3) is 0.280. The van der Waals surface area contributed by atoms with Crippen LogP contribution >= 0.6 is 11.5 Å². The van der Waals surface area contributed by atoms with Gasteiger partial charge in [0, 0.05) is 41.9 Å². The Morgan fingerprint density at radius 2 is 2.00 bits per heavy atom. The van der Waals surface area contributed by atoms with Crippen LogP contribution in [0.15, 0.2) is 65.9 Å². The molecule has 0 saturated heterocycles. The van der Waals surface area contributed by atoms with Gasteiger partial charge in [-0.2, -0.15) is 4.37 Å². The molecule has 1 aliphatic heterocycles. The van der Waals surface area contributed by atoms with Crippen molar-refractivity contribution in [3.63, 3.8) is 0 Å². The molecule has 0 amide bonds. The molecule has 1 aromatic heterocycles. The summed E-state index contributed by atoms with van der Waals surface area (Å²) >= 11 is 1.29. The molecule has 0 spiro atoms. The van der Waals surface area contributed by atoms with E-state index in [1.165, 1.54) is 29.2 Å².